The number of Topliss-reactive ketones (excluding diaryl/α,β-unsaturated/α-hetero) is 1. The molecule has 0 aromatic heterocycles. The van der Waals surface area contributed by atoms with Crippen molar-refractivity contribution in [3.05, 3.63) is 29.3 Å². The normalized spacial score (nSPS) is 13.6. The van der Waals surface area contributed by atoms with Gasteiger partial charge in [-0.05, 0) is 25.5 Å². The summed E-state index contributed by atoms with van der Waals surface area (Å²) in [5, 5.41) is 2.74. The molecule has 0 fully saturated rings. The Morgan fingerprint density at radius 2 is 2.05 bits per heavy atom. The van der Waals surface area contributed by atoms with Gasteiger partial charge < -0.3 is 5.32 Å². The Morgan fingerprint density at radius 3 is 2.75 bits per heavy atom. The number of amides is 2. The molecule has 20 heavy (non-hydrogen) atoms. The molecule has 0 radical (unpaired) electrons. The standard InChI is InChI=1S/C15H18N2O3/c1-3-4-7-16-13(18)9-17-12-6-5-10(2)8-11(12)14(19)15(17)20/h5-6,8H,3-4,7,9H2,1-2H3,(H,16,18). The number of ketones is 1. The fraction of sp³-hybridized carbons (Fsp3) is 0.400. The first-order valence-corrected chi connectivity index (χ1v) is 6.78. The highest BCUT2D eigenvalue weighted by molar-refractivity contribution is 6.52. The van der Waals surface area contributed by atoms with Gasteiger partial charge in [-0.1, -0.05) is 25.0 Å². The summed E-state index contributed by atoms with van der Waals surface area (Å²) in [7, 11) is 0. The maximum atomic E-state index is 11.9. The van der Waals surface area contributed by atoms with Crippen LogP contribution in [0.5, 0.6) is 0 Å². The SMILES string of the molecule is CCCCNC(=O)CN1C(=O)C(=O)c2cc(C)ccc21. The number of nitrogens with zero attached hydrogens (tertiary/aromatic N) is 1. The van der Waals surface area contributed by atoms with Gasteiger partial charge in [-0.25, -0.2) is 0 Å². The number of unbranched alkanes of at least 4 members (excludes halogenated alkanes) is 1. The number of rotatable bonds is 5. The van der Waals surface area contributed by atoms with Gasteiger partial charge in [0.1, 0.15) is 6.54 Å². The van der Waals surface area contributed by atoms with Crippen LogP contribution >= 0.6 is 0 Å². The highest BCUT2D eigenvalue weighted by Crippen LogP contribution is 2.29. The molecule has 0 aliphatic carbocycles. The third kappa shape index (κ3) is 2.71. The van der Waals surface area contributed by atoms with Gasteiger partial charge in [-0.3, -0.25) is 19.3 Å². The summed E-state index contributed by atoms with van der Waals surface area (Å²) in [6.07, 6.45) is 1.89. The highest BCUT2D eigenvalue weighted by atomic mass is 16.2. The van der Waals surface area contributed by atoms with Gasteiger partial charge >= 0.3 is 0 Å². The van der Waals surface area contributed by atoms with Crippen molar-refractivity contribution in [3.63, 3.8) is 0 Å². The van der Waals surface area contributed by atoms with Crippen molar-refractivity contribution in [2.45, 2.75) is 26.7 Å². The van der Waals surface area contributed by atoms with Crippen LogP contribution in [0.1, 0.15) is 35.7 Å². The lowest BCUT2D eigenvalue weighted by atomic mass is 10.1. The monoisotopic (exact) mass is 274 g/mol. The van der Waals surface area contributed by atoms with Crippen LogP contribution in [-0.2, 0) is 9.59 Å². The molecule has 0 unspecified atom stereocenters. The molecule has 5 nitrogen and oxygen atoms in total. The molecule has 0 saturated heterocycles. The van der Waals surface area contributed by atoms with E-state index in [1.807, 2.05) is 19.9 Å². The Kier molecular flexibility index (Phi) is 4.17. The fourth-order valence-electron chi connectivity index (χ4n) is 2.18. The van der Waals surface area contributed by atoms with Gasteiger partial charge in [0.2, 0.25) is 5.91 Å². The molecule has 1 aliphatic rings. The largest absolute Gasteiger partial charge is 0.355 e. The fourth-order valence-corrected chi connectivity index (χ4v) is 2.18. The molecule has 106 valence electrons. The average Bonchev–Trinajstić information content (AvgIpc) is 2.64. The summed E-state index contributed by atoms with van der Waals surface area (Å²) in [6, 6.07) is 5.23. The minimum atomic E-state index is -0.628. The first-order chi connectivity index (χ1) is 9.54. The number of hydrogen-bond acceptors (Lipinski definition) is 3. The van der Waals surface area contributed by atoms with Gasteiger partial charge in [-0.15, -0.1) is 0 Å². The van der Waals surface area contributed by atoms with Gasteiger partial charge in [0, 0.05) is 6.54 Å². The van der Waals surface area contributed by atoms with Crippen molar-refractivity contribution in [2.24, 2.45) is 0 Å². The lowest BCUT2D eigenvalue weighted by Gasteiger charge is -2.16. The second-order valence-corrected chi connectivity index (χ2v) is 4.94. The van der Waals surface area contributed by atoms with Gasteiger partial charge in [0.15, 0.2) is 0 Å². The molecule has 1 aromatic rings. The van der Waals surface area contributed by atoms with Crippen LogP contribution in [0, 0.1) is 6.92 Å². The second kappa shape index (κ2) is 5.86. The van der Waals surface area contributed by atoms with E-state index in [9.17, 15) is 14.4 Å². The lowest BCUT2D eigenvalue weighted by Crippen LogP contribution is -2.40. The zero-order chi connectivity index (χ0) is 14.7. The average molecular weight is 274 g/mol. The predicted molar refractivity (Wildman–Crippen MR) is 75.8 cm³/mol. The molecule has 1 heterocycles. The summed E-state index contributed by atoms with van der Waals surface area (Å²) in [6.45, 7) is 4.38. The Bertz CT molecular complexity index is 566. The topological polar surface area (TPSA) is 66.5 Å². The van der Waals surface area contributed by atoms with Crippen LogP contribution in [0.3, 0.4) is 0 Å². The molecule has 1 aromatic carbocycles. The molecular formula is C15H18N2O3. The van der Waals surface area contributed by atoms with Crippen LogP contribution in [0.4, 0.5) is 5.69 Å². The highest BCUT2D eigenvalue weighted by Gasteiger charge is 2.36. The first-order valence-electron chi connectivity index (χ1n) is 6.78. The minimum absolute atomic E-state index is 0.107. The zero-order valence-corrected chi connectivity index (χ0v) is 11.7. The summed E-state index contributed by atoms with van der Waals surface area (Å²) >= 11 is 0. The van der Waals surface area contributed by atoms with Crippen molar-refractivity contribution in [1.82, 2.24) is 5.32 Å². The lowest BCUT2D eigenvalue weighted by molar-refractivity contribution is -0.122. The van der Waals surface area contributed by atoms with E-state index in [1.54, 1.807) is 12.1 Å². The summed E-state index contributed by atoms with van der Waals surface area (Å²) in [5.41, 5.74) is 1.83. The Balaban J connectivity index is 2.12. The zero-order valence-electron chi connectivity index (χ0n) is 11.7. The third-order valence-corrected chi connectivity index (χ3v) is 3.28. The molecule has 2 rings (SSSR count). The molecular weight excluding hydrogens is 256 g/mol. The molecule has 5 heteroatoms. The van der Waals surface area contributed by atoms with E-state index < -0.39 is 11.7 Å². The Morgan fingerprint density at radius 1 is 1.30 bits per heavy atom. The molecule has 0 spiro atoms. The van der Waals surface area contributed by atoms with Crippen LogP contribution in [0.25, 0.3) is 0 Å². The predicted octanol–water partition coefficient (Wildman–Crippen LogP) is 1.44. The van der Waals surface area contributed by atoms with Crippen molar-refractivity contribution in [3.8, 4) is 0 Å². The van der Waals surface area contributed by atoms with Gasteiger partial charge in [0.25, 0.3) is 11.7 Å². The quantitative estimate of drug-likeness (QED) is 0.652. The van der Waals surface area contributed by atoms with E-state index >= 15 is 0 Å². The molecule has 2 amide bonds. The third-order valence-electron chi connectivity index (χ3n) is 3.28. The van der Waals surface area contributed by atoms with Crippen molar-refractivity contribution >= 4 is 23.3 Å². The van der Waals surface area contributed by atoms with E-state index in [1.165, 1.54) is 4.90 Å². The number of carbonyl (C=O) groups is 3. The van der Waals surface area contributed by atoms with Crippen molar-refractivity contribution < 1.29 is 14.4 Å². The van der Waals surface area contributed by atoms with E-state index in [0.29, 0.717) is 17.8 Å². The van der Waals surface area contributed by atoms with E-state index in [4.69, 9.17) is 0 Å². The second-order valence-electron chi connectivity index (χ2n) is 4.94. The summed E-state index contributed by atoms with van der Waals surface area (Å²) < 4.78 is 0. The number of anilines is 1. The first kappa shape index (κ1) is 14.2. The maximum Gasteiger partial charge on any atom is 0.299 e. The molecule has 0 saturated carbocycles. The number of hydrogen-bond donors (Lipinski definition) is 1. The molecule has 1 N–H and O–H groups in total. The number of benzene rings is 1. The summed E-state index contributed by atoms with van der Waals surface area (Å²) in [5.74, 6) is -1.41. The summed E-state index contributed by atoms with van der Waals surface area (Å²) in [4.78, 5) is 36.8. The smallest absolute Gasteiger partial charge is 0.299 e. The van der Waals surface area contributed by atoms with Crippen molar-refractivity contribution in [2.75, 3.05) is 18.0 Å². The van der Waals surface area contributed by atoms with E-state index in [-0.39, 0.29) is 12.5 Å². The number of fused-ring (bicyclic) bond motifs is 1. The van der Waals surface area contributed by atoms with Crippen LogP contribution in [0.2, 0.25) is 0 Å². The molecule has 0 bridgehead atoms. The van der Waals surface area contributed by atoms with Gasteiger partial charge in [-0.2, -0.15) is 0 Å². The van der Waals surface area contributed by atoms with Crippen LogP contribution < -0.4 is 10.2 Å². The number of nitrogens with one attached hydrogen (secondary N) is 1. The van der Waals surface area contributed by atoms with Gasteiger partial charge in [0.05, 0.1) is 11.3 Å². The maximum absolute atomic E-state index is 11.9. The Hall–Kier alpha value is -2.17. The number of carbonyl (C=O) groups excluding carboxylic acids is 3. The number of aryl methyl sites for hydroxylation is 1. The van der Waals surface area contributed by atoms with E-state index in [2.05, 4.69) is 5.32 Å². The Labute approximate surface area is 118 Å². The van der Waals surface area contributed by atoms with Crippen LogP contribution in [-0.4, -0.2) is 30.7 Å². The molecule has 1 aliphatic heterocycles. The minimum Gasteiger partial charge on any atom is -0.355 e. The molecule has 0 atom stereocenters. The van der Waals surface area contributed by atoms with Crippen LogP contribution in [0.15, 0.2) is 18.2 Å². The van der Waals surface area contributed by atoms with E-state index in [0.717, 1.165) is 18.4 Å². The van der Waals surface area contributed by atoms with Crippen molar-refractivity contribution in [1.29, 1.82) is 0 Å².